The van der Waals surface area contributed by atoms with Crippen LogP contribution in [0.2, 0.25) is 0 Å². The van der Waals surface area contributed by atoms with Crippen molar-refractivity contribution in [3.63, 3.8) is 0 Å². The fraction of sp³-hybridized carbons (Fsp3) is 0.588. The molecule has 1 aromatic rings. The molecule has 24 heavy (non-hydrogen) atoms. The lowest BCUT2D eigenvalue weighted by molar-refractivity contribution is -0.138. The van der Waals surface area contributed by atoms with Crippen LogP contribution in [0.25, 0.3) is 0 Å². The van der Waals surface area contributed by atoms with E-state index < -0.39 is 0 Å². The van der Waals surface area contributed by atoms with Gasteiger partial charge in [0.2, 0.25) is 0 Å². The van der Waals surface area contributed by atoms with E-state index in [1.54, 1.807) is 17.5 Å². The average molecular weight is 346 g/mol. The maximum atomic E-state index is 12.4. The Hall–Kier alpha value is -1.73. The zero-order chi connectivity index (χ0) is 16.5. The summed E-state index contributed by atoms with van der Waals surface area (Å²) in [4.78, 5) is 26.1. The summed E-state index contributed by atoms with van der Waals surface area (Å²) in [5, 5.41) is 2.89. The molecule has 1 saturated carbocycles. The van der Waals surface area contributed by atoms with Crippen molar-refractivity contribution in [2.24, 2.45) is 10.9 Å². The quantitative estimate of drug-likeness (QED) is 0.760. The second-order valence-corrected chi connectivity index (χ2v) is 7.35. The molecule has 0 N–H and O–H groups in total. The third-order valence-corrected chi connectivity index (χ3v) is 5.46. The topological polar surface area (TPSA) is 58.0 Å². The normalized spacial score (nSPS) is 21.5. The van der Waals surface area contributed by atoms with Crippen molar-refractivity contribution < 1.29 is 9.53 Å². The second-order valence-electron chi connectivity index (χ2n) is 6.45. The number of rotatable bonds is 5. The van der Waals surface area contributed by atoms with Gasteiger partial charge in [0.25, 0.3) is 0 Å². The van der Waals surface area contributed by atoms with E-state index in [2.05, 4.69) is 19.8 Å². The van der Waals surface area contributed by atoms with Crippen LogP contribution in [0.5, 0.6) is 0 Å². The SMILES string of the molecule is CCOC(=O)C1=C2CN(CC3CC3)CCN2C(c2nccs2)=NC1. The molecule has 4 rings (SSSR count). The standard InChI is InChI=1S/C17H22N4O2S/c1-2-23-17(22)13-9-19-15(16-18-5-8-24-16)21-7-6-20(11-14(13)21)10-12-3-4-12/h5,8,12H,2-4,6-7,9-11H2,1H3. The molecule has 2 aliphatic heterocycles. The summed E-state index contributed by atoms with van der Waals surface area (Å²) in [6.07, 6.45) is 4.49. The number of hydrogen-bond acceptors (Lipinski definition) is 7. The van der Waals surface area contributed by atoms with Crippen LogP contribution in [0.1, 0.15) is 24.8 Å². The van der Waals surface area contributed by atoms with Crippen molar-refractivity contribution in [2.45, 2.75) is 19.8 Å². The maximum Gasteiger partial charge on any atom is 0.337 e. The highest BCUT2D eigenvalue weighted by molar-refractivity contribution is 7.11. The number of amidine groups is 1. The summed E-state index contributed by atoms with van der Waals surface area (Å²) >= 11 is 1.59. The van der Waals surface area contributed by atoms with Crippen LogP contribution in [-0.4, -0.2) is 65.9 Å². The van der Waals surface area contributed by atoms with Gasteiger partial charge in [-0.1, -0.05) is 0 Å². The highest BCUT2D eigenvalue weighted by Crippen LogP contribution is 2.32. The largest absolute Gasteiger partial charge is 0.463 e. The van der Waals surface area contributed by atoms with Crippen LogP contribution >= 0.6 is 11.3 Å². The van der Waals surface area contributed by atoms with Gasteiger partial charge in [0.15, 0.2) is 10.8 Å². The van der Waals surface area contributed by atoms with Crippen molar-refractivity contribution >= 4 is 23.1 Å². The number of carbonyl (C=O) groups is 1. The minimum atomic E-state index is -0.229. The van der Waals surface area contributed by atoms with Crippen LogP contribution in [0.15, 0.2) is 27.8 Å². The minimum Gasteiger partial charge on any atom is -0.463 e. The van der Waals surface area contributed by atoms with Crippen LogP contribution < -0.4 is 0 Å². The summed E-state index contributed by atoms with van der Waals surface area (Å²) < 4.78 is 5.26. The van der Waals surface area contributed by atoms with Gasteiger partial charge in [-0.25, -0.2) is 9.78 Å². The molecule has 0 bridgehead atoms. The molecule has 0 spiro atoms. The third-order valence-electron chi connectivity index (χ3n) is 4.69. The highest BCUT2D eigenvalue weighted by atomic mass is 32.1. The monoisotopic (exact) mass is 346 g/mol. The smallest absolute Gasteiger partial charge is 0.337 e. The van der Waals surface area contributed by atoms with Gasteiger partial charge in [0.05, 0.1) is 18.7 Å². The molecular formula is C17H22N4O2S. The van der Waals surface area contributed by atoms with Crippen molar-refractivity contribution in [1.82, 2.24) is 14.8 Å². The van der Waals surface area contributed by atoms with E-state index in [4.69, 9.17) is 4.74 Å². The lowest BCUT2D eigenvalue weighted by Crippen LogP contribution is -2.50. The molecule has 1 aliphatic carbocycles. The molecule has 1 saturated heterocycles. The fourth-order valence-corrected chi connectivity index (χ4v) is 3.97. The van der Waals surface area contributed by atoms with E-state index >= 15 is 0 Å². The number of thiazole rings is 1. The number of nitrogens with zero attached hydrogens (tertiary/aromatic N) is 4. The van der Waals surface area contributed by atoms with E-state index in [1.165, 1.54) is 12.8 Å². The third kappa shape index (κ3) is 3.10. The molecule has 0 unspecified atom stereocenters. The van der Waals surface area contributed by atoms with E-state index in [0.29, 0.717) is 18.7 Å². The number of esters is 1. The molecular weight excluding hydrogens is 324 g/mol. The average Bonchev–Trinajstić information content (AvgIpc) is 3.23. The van der Waals surface area contributed by atoms with Crippen LogP contribution in [0.4, 0.5) is 0 Å². The Morgan fingerprint density at radius 3 is 3.00 bits per heavy atom. The van der Waals surface area contributed by atoms with E-state index in [1.807, 2.05) is 12.3 Å². The van der Waals surface area contributed by atoms with Crippen LogP contribution in [0.3, 0.4) is 0 Å². The number of aromatic nitrogens is 1. The summed E-state index contributed by atoms with van der Waals surface area (Å²) in [6.45, 7) is 6.41. The van der Waals surface area contributed by atoms with Crippen molar-refractivity contribution in [1.29, 1.82) is 0 Å². The first kappa shape index (κ1) is 15.8. The molecule has 3 heterocycles. The van der Waals surface area contributed by atoms with Gasteiger partial charge in [-0.15, -0.1) is 11.3 Å². The lowest BCUT2D eigenvalue weighted by Gasteiger charge is -2.40. The van der Waals surface area contributed by atoms with Crippen LogP contribution in [0, 0.1) is 5.92 Å². The molecule has 6 nitrogen and oxygen atoms in total. The molecule has 1 aromatic heterocycles. The van der Waals surface area contributed by atoms with Crippen molar-refractivity contribution in [2.75, 3.05) is 39.3 Å². The summed E-state index contributed by atoms with van der Waals surface area (Å²) in [7, 11) is 0. The summed E-state index contributed by atoms with van der Waals surface area (Å²) in [5.41, 5.74) is 1.76. The Bertz CT molecular complexity index is 679. The number of ether oxygens (including phenoxy) is 1. The van der Waals surface area contributed by atoms with E-state index in [0.717, 1.165) is 48.6 Å². The molecule has 2 fully saturated rings. The van der Waals surface area contributed by atoms with Gasteiger partial charge in [-0.05, 0) is 25.7 Å². The minimum absolute atomic E-state index is 0.229. The Morgan fingerprint density at radius 1 is 1.42 bits per heavy atom. The molecule has 128 valence electrons. The Kier molecular flexibility index (Phi) is 4.37. The molecule has 7 heteroatoms. The first-order chi connectivity index (χ1) is 11.8. The summed E-state index contributed by atoms with van der Waals surface area (Å²) in [6, 6.07) is 0. The number of piperazine rings is 1. The van der Waals surface area contributed by atoms with Gasteiger partial charge >= 0.3 is 5.97 Å². The Balaban J connectivity index is 1.61. The summed E-state index contributed by atoms with van der Waals surface area (Å²) in [5.74, 6) is 1.52. The van der Waals surface area contributed by atoms with Gasteiger partial charge < -0.3 is 9.64 Å². The lowest BCUT2D eigenvalue weighted by atomic mass is 10.1. The van der Waals surface area contributed by atoms with Gasteiger partial charge in [-0.2, -0.15) is 0 Å². The first-order valence-corrected chi connectivity index (χ1v) is 9.47. The van der Waals surface area contributed by atoms with Gasteiger partial charge in [-0.3, -0.25) is 9.89 Å². The molecule has 3 aliphatic rings. The molecule has 0 radical (unpaired) electrons. The predicted octanol–water partition coefficient (Wildman–Crippen LogP) is 1.75. The van der Waals surface area contributed by atoms with Crippen molar-refractivity contribution in [3.8, 4) is 0 Å². The number of carbonyl (C=O) groups excluding carboxylic acids is 1. The van der Waals surface area contributed by atoms with Crippen LogP contribution in [-0.2, 0) is 9.53 Å². The predicted molar refractivity (Wildman–Crippen MR) is 93.0 cm³/mol. The fourth-order valence-electron chi connectivity index (χ4n) is 3.31. The maximum absolute atomic E-state index is 12.4. The second kappa shape index (κ2) is 6.64. The highest BCUT2D eigenvalue weighted by Gasteiger charge is 2.35. The van der Waals surface area contributed by atoms with Gasteiger partial charge in [0.1, 0.15) is 0 Å². The zero-order valence-electron chi connectivity index (χ0n) is 13.9. The van der Waals surface area contributed by atoms with Crippen molar-refractivity contribution in [3.05, 3.63) is 27.9 Å². The van der Waals surface area contributed by atoms with Gasteiger partial charge in [0, 0.05) is 43.5 Å². The molecule has 0 atom stereocenters. The number of fused-ring (bicyclic) bond motifs is 1. The van der Waals surface area contributed by atoms with E-state index in [-0.39, 0.29) is 5.97 Å². The first-order valence-electron chi connectivity index (χ1n) is 8.59. The number of aliphatic imine (C=N–C) groups is 1. The number of hydrogen-bond donors (Lipinski definition) is 0. The zero-order valence-corrected chi connectivity index (χ0v) is 14.7. The molecule has 0 amide bonds. The Morgan fingerprint density at radius 2 is 2.29 bits per heavy atom. The van der Waals surface area contributed by atoms with E-state index in [9.17, 15) is 4.79 Å². The molecule has 0 aromatic carbocycles. The Labute approximate surface area is 145 Å².